The standard InChI is InChI=1S/C14H23F2N3/c1-9(2)7-10(8-19(3)4)18-14-12(17)6-5-11(15)13(14)16/h5-6,9-10,18H,7-8,17H2,1-4H3. The maximum atomic E-state index is 13.8. The van der Waals surface area contributed by atoms with Crippen molar-refractivity contribution in [3.63, 3.8) is 0 Å². The number of nitrogens with two attached hydrogens (primary N) is 1. The molecule has 0 spiro atoms. The van der Waals surface area contributed by atoms with Crippen LogP contribution in [0.2, 0.25) is 0 Å². The van der Waals surface area contributed by atoms with Crippen LogP contribution in [0.1, 0.15) is 20.3 Å². The molecule has 0 bridgehead atoms. The second-order valence-electron chi connectivity index (χ2n) is 5.56. The third-order valence-electron chi connectivity index (χ3n) is 2.82. The zero-order valence-electron chi connectivity index (χ0n) is 12.0. The van der Waals surface area contributed by atoms with Crippen molar-refractivity contribution in [2.45, 2.75) is 26.3 Å². The minimum Gasteiger partial charge on any atom is -0.397 e. The number of nitrogen functional groups attached to an aromatic ring is 1. The van der Waals surface area contributed by atoms with Gasteiger partial charge in [-0.15, -0.1) is 0 Å². The summed E-state index contributed by atoms with van der Waals surface area (Å²) in [7, 11) is 3.89. The zero-order chi connectivity index (χ0) is 14.6. The van der Waals surface area contributed by atoms with Crippen LogP contribution in [0.3, 0.4) is 0 Å². The van der Waals surface area contributed by atoms with Crippen molar-refractivity contribution in [1.29, 1.82) is 0 Å². The van der Waals surface area contributed by atoms with Crippen LogP contribution < -0.4 is 11.1 Å². The first-order chi connectivity index (χ1) is 8.81. The van der Waals surface area contributed by atoms with Crippen LogP contribution >= 0.6 is 0 Å². The summed E-state index contributed by atoms with van der Waals surface area (Å²) in [5.74, 6) is -1.34. The number of anilines is 2. The maximum Gasteiger partial charge on any atom is 0.183 e. The Labute approximate surface area is 113 Å². The van der Waals surface area contributed by atoms with Crippen LogP contribution in [0.15, 0.2) is 12.1 Å². The van der Waals surface area contributed by atoms with Crippen LogP contribution in [0.4, 0.5) is 20.2 Å². The molecular weight excluding hydrogens is 248 g/mol. The van der Waals surface area contributed by atoms with E-state index < -0.39 is 11.6 Å². The lowest BCUT2D eigenvalue weighted by molar-refractivity contribution is 0.355. The fourth-order valence-electron chi connectivity index (χ4n) is 2.11. The molecule has 5 heteroatoms. The smallest absolute Gasteiger partial charge is 0.183 e. The summed E-state index contributed by atoms with van der Waals surface area (Å²) >= 11 is 0. The molecule has 0 fully saturated rings. The lowest BCUT2D eigenvalue weighted by Gasteiger charge is -2.25. The molecule has 0 radical (unpaired) electrons. The van der Waals surface area contributed by atoms with Gasteiger partial charge in [0.1, 0.15) is 0 Å². The van der Waals surface area contributed by atoms with Gasteiger partial charge >= 0.3 is 0 Å². The molecule has 1 rings (SSSR count). The highest BCUT2D eigenvalue weighted by atomic mass is 19.2. The average molecular weight is 271 g/mol. The van der Waals surface area contributed by atoms with Gasteiger partial charge in [-0.3, -0.25) is 0 Å². The van der Waals surface area contributed by atoms with E-state index in [4.69, 9.17) is 5.73 Å². The number of hydrogen-bond acceptors (Lipinski definition) is 3. The Morgan fingerprint density at radius 1 is 1.26 bits per heavy atom. The first-order valence-corrected chi connectivity index (χ1v) is 6.46. The van der Waals surface area contributed by atoms with E-state index in [0.29, 0.717) is 5.92 Å². The van der Waals surface area contributed by atoms with E-state index in [9.17, 15) is 8.78 Å². The number of nitrogens with zero attached hydrogens (tertiary/aromatic N) is 1. The van der Waals surface area contributed by atoms with E-state index in [1.807, 2.05) is 19.0 Å². The Kier molecular flexibility index (Phi) is 5.54. The van der Waals surface area contributed by atoms with Gasteiger partial charge in [0.25, 0.3) is 0 Å². The summed E-state index contributed by atoms with van der Waals surface area (Å²) in [4.78, 5) is 2.01. The predicted molar refractivity (Wildman–Crippen MR) is 76.2 cm³/mol. The minimum absolute atomic E-state index is 0.0219. The Hall–Kier alpha value is -1.36. The third kappa shape index (κ3) is 4.67. The van der Waals surface area contributed by atoms with E-state index in [2.05, 4.69) is 19.2 Å². The van der Waals surface area contributed by atoms with E-state index in [0.717, 1.165) is 19.0 Å². The number of halogens is 2. The van der Waals surface area contributed by atoms with Gasteiger partial charge < -0.3 is 16.0 Å². The lowest BCUT2D eigenvalue weighted by Crippen LogP contribution is -2.34. The molecule has 3 nitrogen and oxygen atoms in total. The highest BCUT2D eigenvalue weighted by Gasteiger charge is 2.17. The van der Waals surface area contributed by atoms with Crippen molar-refractivity contribution in [2.75, 3.05) is 31.7 Å². The fourth-order valence-corrected chi connectivity index (χ4v) is 2.11. The van der Waals surface area contributed by atoms with E-state index >= 15 is 0 Å². The molecule has 3 N–H and O–H groups in total. The molecule has 0 amide bonds. The molecule has 0 aliphatic rings. The topological polar surface area (TPSA) is 41.3 Å². The molecule has 0 aliphatic carbocycles. The van der Waals surface area contributed by atoms with Crippen LogP contribution in [0.25, 0.3) is 0 Å². The van der Waals surface area contributed by atoms with E-state index in [-0.39, 0.29) is 17.4 Å². The van der Waals surface area contributed by atoms with Crippen LogP contribution in [-0.2, 0) is 0 Å². The number of hydrogen-bond donors (Lipinski definition) is 2. The van der Waals surface area contributed by atoms with Gasteiger partial charge in [0, 0.05) is 12.6 Å². The minimum atomic E-state index is -0.910. The molecular formula is C14H23F2N3. The summed E-state index contributed by atoms with van der Waals surface area (Å²) in [6.45, 7) is 4.92. The first-order valence-electron chi connectivity index (χ1n) is 6.46. The van der Waals surface area contributed by atoms with Gasteiger partial charge in [-0.25, -0.2) is 8.78 Å². The van der Waals surface area contributed by atoms with E-state index in [1.165, 1.54) is 6.07 Å². The summed E-state index contributed by atoms with van der Waals surface area (Å²) < 4.78 is 27.0. The Morgan fingerprint density at radius 3 is 2.42 bits per heavy atom. The summed E-state index contributed by atoms with van der Waals surface area (Å²) in [5.41, 5.74) is 6.01. The SMILES string of the molecule is CC(C)CC(CN(C)C)Nc1c(N)ccc(F)c1F. The predicted octanol–water partition coefficient (Wildman–Crippen LogP) is 2.94. The van der Waals surface area contributed by atoms with Crippen molar-refractivity contribution in [3.05, 3.63) is 23.8 Å². The monoisotopic (exact) mass is 271 g/mol. The van der Waals surface area contributed by atoms with Crippen molar-refractivity contribution < 1.29 is 8.78 Å². The highest BCUT2D eigenvalue weighted by molar-refractivity contribution is 5.67. The summed E-state index contributed by atoms with van der Waals surface area (Å²) in [5, 5.41) is 3.04. The molecule has 1 unspecified atom stereocenters. The molecule has 0 aliphatic heterocycles. The normalized spacial score (nSPS) is 13.1. The lowest BCUT2D eigenvalue weighted by atomic mass is 10.0. The highest BCUT2D eigenvalue weighted by Crippen LogP contribution is 2.26. The van der Waals surface area contributed by atoms with Crippen LogP contribution in [0.5, 0.6) is 0 Å². The fraction of sp³-hybridized carbons (Fsp3) is 0.571. The molecule has 1 aromatic carbocycles. The second-order valence-corrected chi connectivity index (χ2v) is 5.56. The maximum absolute atomic E-state index is 13.8. The quantitative estimate of drug-likeness (QED) is 0.782. The molecule has 1 aromatic rings. The van der Waals surface area contributed by atoms with E-state index in [1.54, 1.807) is 0 Å². The van der Waals surface area contributed by atoms with Crippen LogP contribution in [0, 0.1) is 17.6 Å². The molecule has 19 heavy (non-hydrogen) atoms. The number of benzene rings is 1. The van der Waals surface area contributed by atoms with Crippen LogP contribution in [-0.4, -0.2) is 31.6 Å². The molecule has 0 aromatic heterocycles. The van der Waals surface area contributed by atoms with Gasteiger partial charge in [0.2, 0.25) is 0 Å². The summed E-state index contributed by atoms with van der Waals surface area (Å²) in [6, 6.07) is 2.44. The first kappa shape index (κ1) is 15.7. The largest absolute Gasteiger partial charge is 0.397 e. The van der Waals surface area contributed by atoms with Gasteiger partial charge in [0.05, 0.1) is 11.4 Å². The van der Waals surface area contributed by atoms with Crippen molar-refractivity contribution in [3.8, 4) is 0 Å². The third-order valence-corrected chi connectivity index (χ3v) is 2.82. The van der Waals surface area contributed by atoms with Crippen molar-refractivity contribution in [1.82, 2.24) is 4.90 Å². The number of nitrogens with one attached hydrogen (secondary N) is 1. The molecule has 108 valence electrons. The Morgan fingerprint density at radius 2 is 1.89 bits per heavy atom. The van der Waals surface area contributed by atoms with Crippen molar-refractivity contribution in [2.24, 2.45) is 5.92 Å². The second kappa shape index (κ2) is 6.70. The van der Waals surface area contributed by atoms with Gasteiger partial charge in [-0.1, -0.05) is 13.8 Å². The van der Waals surface area contributed by atoms with Gasteiger partial charge in [-0.2, -0.15) is 0 Å². The Balaban J connectivity index is 2.92. The summed E-state index contributed by atoms with van der Waals surface area (Å²) in [6.07, 6.45) is 0.855. The van der Waals surface area contributed by atoms with Crippen molar-refractivity contribution >= 4 is 11.4 Å². The molecule has 0 saturated heterocycles. The number of rotatable bonds is 6. The molecule has 0 saturated carbocycles. The molecule has 0 heterocycles. The zero-order valence-corrected chi connectivity index (χ0v) is 12.0. The number of likely N-dealkylation sites (N-methyl/N-ethyl adjacent to an activating group) is 1. The van der Waals surface area contributed by atoms with Gasteiger partial charge in [-0.05, 0) is 38.6 Å². The van der Waals surface area contributed by atoms with Gasteiger partial charge in [0.15, 0.2) is 11.6 Å². The average Bonchev–Trinajstić information content (AvgIpc) is 2.28. The molecule has 1 atom stereocenters. The Bertz CT molecular complexity index is 409.